The number of halogens is 4. The first-order chi connectivity index (χ1) is 15.7. The van der Waals surface area contributed by atoms with Crippen molar-refractivity contribution in [2.75, 3.05) is 0 Å². The van der Waals surface area contributed by atoms with E-state index in [1.807, 2.05) is 30.3 Å². The van der Waals surface area contributed by atoms with Crippen molar-refractivity contribution in [2.24, 2.45) is 0 Å². The summed E-state index contributed by atoms with van der Waals surface area (Å²) < 4.78 is 51.8. The van der Waals surface area contributed by atoms with E-state index in [4.69, 9.17) is 0 Å². The summed E-state index contributed by atoms with van der Waals surface area (Å²) in [7, 11) is 0. The van der Waals surface area contributed by atoms with Crippen molar-refractivity contribution in [3.8, 4) is 0 Å². The molecule has 174 valence electrons. The van der Waals surface area contributed by atoms with Gasteiger partial charge in [-0.3, -0.25) is 4.79 Å². The summed E-state index contributed by atoms with van der Waals surface area (Å²) in [4.78, 5) is 12.6. The van der Waals surface area contributed by atoms with Gasteiger partial charge < -0.3 is 10.4 Å². The number of aliphatic hydroxyl groups is 1. The maximum absolute atomic E-state index is 13.3. The molecule has 0 saturated carbocycles. The molecule has 0 aliphatic rings. The second kappa shape index (κ2) is 11.1. The van der Waals surface area contributed by atoms with E-state index >= 15 is 0 Å². The lowest BCUT2D eigenvalue weighted by atomic mass is 9.95. The summed E-state index contributed by atoms with van der Waals surface area (Å²) >= 11 is 0. The molecule has 2 unspecified atom stereocenters. The van der Waals surface area contributed by atoms with Crippen LogP contribution in [-0.2, 0) is 23.8 Å². The zero-order valence-electron chi connectivity index (χ0n) is 17.9. The SMILES string of the molecule is O=C(CCCc1ccccc1)NC(Cc1ccc(C(F)(F)F)cc1)C(O)c1ccc(F)cc1. The van der Waals surface area contributed by atoms with Gasteiger partial charge >= 0.3 is 6.18 Å². The van der Waals surface area contributed by atoms with E-state index in [9.17, 15) is 27.5 Å². The summed E-state index contributed by atoms with van der Waals surface area (Å²) in [6.07, 6.45) is -3.94. The van der Waals surface area contributed by atoms with E-state index in [1.165, 1.54) is 36.4 Å². The van der Waals surface area contributed by atoms with Crippen molar-refractivity contribution in [3.05, 3.63) is 107 Å². The number of carbonyl (C=O) groups is 1. The van der Waals surface area contributed by atoms with E-state index in [0.717, 1.165) is 24.1 Å². The van der Waals surface area contributed by atoms with Crippen molar-refractivity contribution in [1.82, 2.24) is 5.32 Å². The van der Waals surface area contributed by atoms with Crippen molar-refractivity contribution < 1.29 is 27.5 Å². The lowest BCUT2D eigenvalue weighted by Gasteiger charge is -2.25. The van der Waals surface area contributed by atoms with Crippen LogP contribution in [0.4, 0.5) is 17.6 Å². The molecule has 7 heteroatoms. The molecule has 2 N–H and O–H groups in total. The highest BCUT2D eigenvalue weighted by atomic mass is 19.4. The van der Waals surface area contributed by atoms with Gasteiger partial charge in [0.15, 0.2) is 0 Å². The number of hydrogen-bond donors (Lipinski definition) is 2. The van der Waals surface area contributed by atoms with Gasteiger partial charge in [-0.25, -0.2) is 4.39 Å². The Bertz CT molecular complexity index is 1020. The Labute approximate surface area is 190 Å². The Kier molecular flexibility index (Phi) is 8.22. The molecule has 0 aliphatic heterocycles. The van der Waals surface area contributed by atoms with Crippen LogP contribution in [-0.4, -0.2) is 17.1 Å². The Hall–Kier alpha value is -3.19. The van der Waals surface area contributed by atoms with E-state index in [2.05, 4.69) is 5.32 Å². The standard InChI is InChI=1S/C26H25F4NO2/c27-22-15-11-20(12-16-22)25(33)23(17-19-9-13-21(14-10-19)26(28,29)30)31-24(32)8-4-7-18-5-2-1-3-6-18/h1-3,5-6,9-16,23,25,33H,4,7-8,17H2,(H,31,32). The van der Waals surface area contributed by atoms with E-state index in [0.29, 0.717) is 17.5 Å². The van der Waals surface area contributed by atoms with Crippen LogP contribution in [0.15, 0.2) is 78.9 Å². The fourth-order valence-corrected chi connectivity index (χ4v) is 3.59. The Morgan fingerprint density at radius 1 is 0.879 bits per heavy atom. The Morgan fingerprint density at radius 2 is 1.52 bits per heavy atom. The molecule has 0 aromatic heterocycles. The van der Waals surface area contributed by atoms with Gasteiger partial charge in [0, 0.05) is 6.42 Å². The summed E-state index contributed by atoms with van der Waals surface area (Å²) in [5.74, 6) is -0.737. The Morgan fingerprint density at radius 3 is 2.12 bits per heavy atom. The highest BCUT2D eigenvalue weighted by Crippen LogP contribution is 2.29. The number of benzene rings is 3. The van der Waals surface area contributed by atoms with Crippen molar-refractivity contribution in [1.29, 1.82) is 0 Å². The first-order valence-corrected chi connectivity index (χ1v) is 10.7. The van der Waals surface area contributed by atoms with Gasteiger partial charge in [-0.15, -0.1) is 0 Å². The first kappa shape index (κ1) is 24.5. The number of carbonyl (C=O) groups excluding carboxylic acids is 1. The molecule has 0 fully saturated rings. The number of alkyl halides is 3. The molecule has 0 spiro atoms. The van der Waals surface area contributed by atoms with Crippen molar-refractivity contribution >= 4 is 5.91 Å². The zero-order valence-corrected chi connectivity index (χ0v) is 17.9. The fourth-order valence-electron chi connectivity index (χ4n) is 3.59. The van der Waals surface area contributed by atoms with Gasteiger partial charge in [0.2, 0.25) is 5.91 Å². The smallest absolute Gasteiger partial charge is 0.386 e. The number of amides is 1. The van der Waals surface area contributed by atoms with Crippen molar-refractivity contribution in [3.63, 3.8) is 0 Å². The van der Waals surface area contributed by atoms with Crippen LogP contribution < -0.4 is 5.32 Å². The molecular formula is C26H25F4NO2. The molecule has 0 bridgehead atoms. The highest BCUT2D eigenvalue weighted by Gasteiger charge is 2.30. The van der Waals surface area contributed by atoms with Crippen LogP contribution in [0.3, 0.4) is 0 Å². The fraction of sp³-hybridized carbons (Fsp3) is 0.269. The summed E-state index contributed by atoms with van der Waals surface area (Å²) in [5.41, 5.74) is 1.27. The van der Waals surface area contributed by atoms with Gasteiger partial charge in [-0.05, 0) is 60.2 Å². The highest BCUT2D eigenvalue weighted by molar-refractivity contribution is 5.76. The minimum absolute atomic E-state index is 0.112. The number of aryl methyl sites for hydroxylation is 1. The molecule has 0 heterocycles. The molecule has 33 heavy (non-hydrogen) atoms. The summed E-state index contributed by atoms with van der Waals surface area (Å²) in [6.45, 7) is 0. The maximum atomic E-state index is 13.3. The van der Waals surface area contributed by atoms with Gasteiger partial charge in [0.05, 0.1) is 17.7 Å². The molecule has 0 aliphatic carbocycles. The quantitative estimate of drug-likeness (QED) is 0.408. The molecule has 0 radical (unpaired) electrons. The van der Waals surface area contributed by atoms with E-state index < -0.39 is 29.7 Å². The zero-order chi connectivity index (χ0) is 23.8. The normalized spacial score (nSPS) is 13.4. The van der Waals surface area contributed by atoms with Gasteiger partial charge in [0.1, 0.15) is 5.82 Å². The predicted octanol–water partition coefficient (Wildman–Crippen LogP) is 5.63. The van der Waals surface area contributed by atoms with Gasteiger partial charge in [-0.2, -0.15) is 13.2 Å². The molecule has 1 amide bonds. The molecule has 3 nitrogen and oxygen atoms in total. The number of rotatable bonds is 9. The summed E-state index contributed by atoms with van der Waals surface area (Å²) in [5, 5.41) is 13.7. The molecule has 0 saturated heterocycles. The van der Waals surface area contributed by atoms with Crippen LogP contribution in [0.1, 0.15) is 41.2 Å². The average molecular weight is 459 g/mol. The first-order valence-electron chi connectivity index (χ1n) is 10.7. The molecule has 3 rings (SSSR count). The van der Waals surface area contributed by atoms with Crippen LogP contribution in [0.5, 0.6) is 0 Å². The van der Waals surface area contributed by atoms with Gasteiger partial charge in [0.25, 0.3) is 0 Å². The van der Waals surface area contributed by atoms with Crippen molar-refractivity contribution in [2.45, 2.75) is 44.0 Å². The van der Waals surface area contributed by atoms with Gasteiger partial charge in [-0.1, -0.05) is 54.6 Å². The van der Waals surface area contributed by atoms with Crippen LogP contribution in [0.25, 0.3) is 0 Å². The average Bonchev–Trinajstić information content (AvgIpc) is 2.79. The van der Waals surface area contributed by atoms with Crippen LogP contribution in [0.2, 0.25) is 0 Å². The third kappa shape index (κ3) is 7.43. The monoisotopic (exact) mass is 459 g/mol. The number of aliphatic hydroxyl groups excluding tert-OH is 1. The second-order valence-corrected chi connectivity index (χ2v) is 7.91. The van der Waals surface area contributed by atoms with Crippen LogP contribution in [0, 0.1) is 5.82 Å². The topological polar surface area (TPSA) is 49.3 Å². The molecule has 3 aromatic rings. The minimum Gasteiger partial charge on any atom is -0.386 e. The van der Waals surface area contributed by atoms with E-state index in [-0.39, 0.29) is 18.7 Å². The third-order valence-corrected chi connectivity index (χ3v) is 5.39. The van der Waals surface area contributed by atoms with Crippen LogP contribution >= 0.6 is 0 Å². The van der Waals surface area contributed by atoms with E-state index in [1.54, 1.807) is 0 Å². The predicted molar refractivity (Wildman–Crippen MR) is 118 cm³/mol. The lowest BCUT2D eigenvalue weighted by molar-refractivity contribution is -0.137. The molecular weight excluding hydrogens is 434 g/mol. The number of nitrogens with one attached hydrogen (secondary N) is 1. The molecule has 2 atom stereocenters. The Balaban J connectivity index is 1.69. The largest absolute Gasteiger partial charge is 0.416 e. The number of hydrogen-bond acceptors (Lipinski definition) is 2. The minimum atomic E-state index is -4.45. The maximum Gasteiger partial charge on any atom is 0.416 e. The molecule has 3 aromatic carbocycles. The third-order valence-electron chi connectivity index (χ3n) is 5.39. The second-order valence-electron chi connectivity index (χ2n) is 7.91. The lowest BCUT2D eigenvalue weighted by Crippen LogP contribution is -2.41. The summed E-state index contributed by atoms with van der Waals surface area (Å²) in [6, 6.07) is 18.8.